The maximum atomic E-state index is 12.4. The lowest BCUT2D eigenvalue weighted by atomic mass is 10.1. The van der Waals surface area contributed by atoms with E-state index in [9.17, 15) is 9.59 Å². The maximum absolute atomic E-state index is 12.4. The molecule has 3 aromatic rings. The summed E-state index contributed by atoms with van der Waals surface area (Å²) in [4.78, 5) is 31.1. The summed E-state index contributed by atoms with van der Waals surface area (Å²) in [5, 5.41) is 3.44. The van der Waals surface area contributed by atoms with Gasteiger partial charge >= 0.3 is 0 Å². The summed E-state index contributed by atoms with van der Waals surface area (Å²) < 4.78 is 1.77. The van der Waals surface area contributed by atoms with E-state index < -0.39 is 0 Å². The number of amides is 1. The lowest BCUT2D eigenvalue weighted by Crippen LogP contribution is -2.29. The van der Waals surface area contributed by atoms with Crippen LogP contribution < -0.4 is 15.6 Å². The molecule has 0 spiro atoms. The van der Waals surface area contributed by atoms with Crippen molar-refractivity contribution in [3.63, 3.8) is 0 Å². The number of hydrogen-bond acceptors (Lipinski definition) is 4. The minimum absolute atomic E-state index is 0.0442. The van der Waals surface area contributed by atoms with Gasteiger partial charge in [-0.25, -0.2) is 4.98 Å². The van der Waals surface area contributed by atoms with Crippen molar-refractivity contribution in [2.75, 3.05) is 23.3 Å². The number of nitrogens with one attached hydrogen (secondary N) is 1. The molecule has 1 aliphatic heterocycles. The average Bonchev–Trinajstić information content (AvgIpc) is 2.71. The van der Waals surface area contributed by atoms with Crippen LogP contribution >= 0.6 is 0 Å². The van der Waals surface area contributed by atoms with Crippen molar-refractivity contribution in [2.45, 2.75) is 25.8 Å². The number of benzene rings is 1. The average molecular weight is 362 g/mol. The summed E-state index contributed by atoms with van der Waals surface area (Å²) in [5.74, 6) is 0.355. The molecule has 1 aromatic carbocycles. The lowest BCUT2D eigenvalue weighted by Gasteiger charge is -2.28. The summed E-state index contributed by atoms with van der Waals surface area (Å²) >= 11 is 0. The molecule has 27 heavy (non-hydrogen) atoms. The number of anilines is 2. The number of pyridine rings is 2. The van der Waals surface area contributed by atoms with Crippen LogP contribution in [0.4, 0.5) is 11.5 Å². The highest BCUT2D eigenvalue weighted by Gasteiger charge is 2.12. The molecule has 6 nitrogen and oxygen atoms in total. The van der Waals surface area contributed by atoms with Gasteiger partial charge in [0.25, 0.3) is 0 Å². The number of fused-ring (bicyclic) bond motifs is 1. The van der Waals surface area contributed by atoms with Crippen molar-refractivity contribution in [1.82, 2.24) is 9.55 Å². The van der Waals surface area contributed by atoms with Gasteiger partial charge in [0.2, 0.25) is 5.91 Å². The Balaban J connectivity index is 1.45. The normalized spacial score (nSPS) is 14.3. The van der Waals surface area contributed by atoms with E-state index in [0.29, 0.717) is 11.2 Å². The van der Waals surface area contributed by atoms with Gasteiger partial charge in [0.1, 0.15) is 12.4 Å². The number of carbonyl (C=O) groups is 1. The Hall–Kier alpha value is -3.15. The monoisotopic (exact) mass is 362 g/mol. The first-order chi connectivity index (χ1) is 13.2. The van der Waals surface area contributed by atoms with E-state index in [4.69, 9.17) is 0 Å². The zero-order chi connectivity index (χ0) is 18.6. The predicted octanol–water partition coefficient (Wildman–Crippen LogP) is 3.03. The Labute approximate surface area is 157 Å². The van der Waals surface area contributed by atoms with Gasteiger partial charge in [-0.1, -0.05) is 12.1 Å². The summed E-state index contributed by atoms with van der Waals surface area (Å²) in [7, 11) is 0. The molecule has 0 aliphatic carbocycles. The number of hydrogen-bond donors (Lipinski definition) is 1. The molecule has 6 heteroatoms. The summed E-state index contributed by atoms with van der Waals surface area (Å²) in [6.45, 7) is 2.25. The zero-order valence-electron chi connectivity index (χ0n) is 15.1. The molecule has 1 amide bonds. The number of carbonyl (C=O) groups excluding carboxylic acids is 1. The van der Waals surface area contributed by atoms with Crippen LogP contribution in [0.3, 0.4) is 0 Å². The Bertz CT molecular complexity index is 1000. The molecule has 1 N–H and O–H groups in total. The van der Waals surface area contributed by atoms with Gasteiger partial charge < -0.3 is 14.8 Å². The second-order valence-corrected chi connectivity index (χ2v) is 6.82. The highest BCUT2D eigenvalue weighted by atomic mass is 16.2. The van der Waals surface area contributed by atoms with Crippen molar-refractivity contribution >= 4 is 28.3 Å². The Morgan fingerprint density at radius 1 is 1.04 bits per heavy atom. The third-order valence-corrected chi connectivity index (χ3v) is 4.94. The van der Waals surface area contributed by atoms with Crippen LogP contribution in [0.1, 0.15) is 19.3 Å². The van der Waals surface area contributed by atoms with Gasteiger partial charge in [0, 0.05) is 30.7 Å². The highest BCUT2D eigenvalue weighted by molar-refractivity contribution is 5.91. The Morgan fingerprint density at radius 3 is 2.63 bits per heavy atom. The van der Waals surface area contributed by atoms with Crippen LogP contribution in [0, 0.1) is 0 Å². The molecule has 1 aliphatic rings. The van der Waals surface area contributed by atoms with Gasteiger partial charge in [-0.15, -0.1) is 0 Å². The molecule has 0 saturated carbocycles. The number of nitrogens with zero attached hydrogens (tertiary/aromatic N) is 3. The molecule has 3 heterocycles. The molecule has 138 valence electrons. The Kier molecular flexibility index (Phi) is 4.87. The van der Waals surface area contributed by atoms with Gasteiger partial charge in [0.05, 0.1) is 17.4 Å². The maximum Gasteiger partial charge on any atom is 0.245 e. The number of aromatic nitrogens is 2. The molecular weight excluding hydrogens is 340 g/mol. The fourth-order valence-corrected chi connectivity index (χ4v) is 3.53. The van der Waals surface area contributed by atoms with Crippen LogP contribution in [0.2, 0.25) is 0 Å². The van der Waals surface area contributed by atoms with Gasteiger partial charge in [0.15, 0.2) is 5.43 Å². The standard InChI is InChI=1S/C21H22N4O2/c26-19-10-13-25(18-7-3-2-6-17(18)19)15-21(27)23-20-9-8-16(14-22-20)24-11-4-1-5-12-24/h2-3,6-10,13-14H,1,4-5,11-12,15H2,(H,22,23,27). The summed E-state index contributed by atoms with van der Waals surface area (Å²) in [6, 6.07) is 12.6. The number of rotatable bonds is 4. The molecule has 4 rings (SSSR count). The minimum atomic E-state index is -0.179. The first-order valence-electron chi connectivity index (χ1n) is 9.30. The second-order valence-electron chi connectivity index (χ2n) is 6.82. The van der Waals surface area contributed by atoms with E-state index in [0.717, 1.165) is 24.3 Å². The molecule has 0 bridgehead atoms. The first-order valence-corrected chi connectivity index (χ1v) is 9.30. The van der Waals surface area contributed by atoms with Crippen molar-refractivity contribution in [3.8, 4) is 0 Å². The van der Waals surface area contributed by atoms with E-state index in [-0.39, 0.29) is 17.9 Å². The van der Waals surface area contributed by atoms with E-state index >= 15 is 0 Å². The summed E-state index contributed by atoms with van der Waals surface area (Å²) in [5.41, 5.74) is 1.80. The van der Waals surface area contributed by atoms with E-state index in [1.165, 1.54) is 25.3 Å². The van der Waals surface area contributed by atoms with Crippen molar-refractivity contribution < 1.29 is 4.79 Å². The second kappa shape index (κ2) is 7.61. The van der Waals surface area contributed by atoms with Crippen LogP contribution in [0.25, 0.3) is 10.9 Å². The van der Waals surface area contributed by atoms with E-state index in [1.807, 2.05) is 36.5 Å². The lowest BCUT2D eigenvalue weighted by molar-refractivity contribution is -0.116. The van der Waals surface area contributed by atoms with Crippen molar-refractivity contribution in [3.05, 3.63) is 65.1 Å². The molecule has 2 aromatic heterocycles. The van der Waals surface area contributed by atoms with Gasteiger partial charge in [-0.05, 0) is 43.5 Å². The van der Waals surface area contributed by atoms with Gasteiger partial charge in [-0.3, -0.25) is 9.59 Å². The van der Waals surface area contributed by atoms with Crippen molar-refractivity contribution in [2.24, 2.45) is 0 Å². The third-order valence-electron chi connectivity index (χ3n) is 4.94. The summed E-state index contributed by atoms with van der Waals surface area (Å²) in [6.07, 6.45) is 7.18. The Morgan fingerprint density at radius 2 is 1.85 bits per heavy atom. The molecule has 0 unspecified atom stereocenters. The SMILES string of the molecule is O=C(Cn1ccc(=O)c2ccccc21)Nc1ccc(N2CCCCC2)cn1. The minimum Gasteiger partial charge on any atom is -0.370 e. The molecule has 1 saturated heterocycles. The number of piperidine rings is 1. The largest absolute Gasteiger partial charge is 0.370 e. The van der Waals surface area contributed by atoms with E-state index in [1.54, 1.807) is 16.8 Å². The number of para-hydroxylation sites is 1. The highest BCUT2D eigenvalue weighted by Crippen LogP contribution is 2.20. The molecule has 0 radical (unpaired) electrons. The van der Waals surface area contributed by atoms with Crippen LogP contribution in [-0.2, 0) is 11.3 Å². The quantitative estimate of drug-likeness (QED) is 0.775. The van der Waals surface area contributed by atoms with Crippen LogP contribution in [0.5, 0.6) is 0 Å². The van der Waals surface area contributed by atoms with Crippen molar-refractivity contribution in [1.29, 1.82) is 0 Å². The molecule has 1 fully saturated rings. The molecule has 0 atom stereocenters. The third kappa shape index (κ3) is 3.84. The van der Waals surface area contributed by atoms with E-state index in [2.05, 4.69) is 15.2 Å². The van der Waals surface area contributed by atoms with Gasteiger partial charge in [-0.2, -0.15) is 0 Å². The smallest absolute Gasteiger partial charge is 0.245 e. The fourth-order valence-electron chi connectivity index (χ4n) is 3.53. The fraction of sp³-hybridized carbons (Fsp3) is 0.286. The zero-order valence-corrected chi connectivity index (χ0v) is 15.1. The van der Waals surface area contributed by atoms with Crippen LogP contribution in [-0.4, -0.2) is 28.5 Å². The van der Waals surface area contributed by atoms with Crippen LogP contribution in [0.15, 0.2) is 59.7 Å². The first kappa shape index (κ1) is 17.3. The molecular formula is C21H22N4O2. The topological polar surface area (TPSA) is 67.2 Å². The predicted molar refractivity (Wildman–Crippen MR) is 107 cm³/mol.